The molecule has 0 N–H and O–H groups in total. The quantitative estimate of drug-likeness (QED) is 0.438. The monoisotopic (exact) mass is 124 g/mol. The molecule has 0 aliphatic rings. The van der Waals surface area contributed by atoms with E-state index in [-0.39, 0.29) is 0 Å². The predicted octanol–water partition coefficient (Wildman–Crippen LogP) is 1.14. The van der Waals surface area contributed by atoms with Crippen LogP contribution >= 0.6 is 0 Å². The van der Waals surface area contributed by atoms with Gasteiger partial charge in [0.2, 0.25) is 0 Å². The Morgan fingerprint density at radius 2 is 2.56 bits per heavy atom. The fraction of sp³-hybridized carbons (Fsp3) is 0. The van der Waals surface area contributed by atoms with E-state index in [9.17, 15) is 4.91 Å². The number of hydrogen-bond acceptors (Lipinski definition) is 4. The molecular formula is C5H4N2O2. The summed E-state index contributed by atoms with van der Waals surface area (Å²) in [6, 6.07) is 3.24. The van der Waals surface area contributed by atoms with Crippen molar-refractivity contribution >= 4 is 0 Å². The number of hydrogen-bond donors (Lipinski definition) is 0. The Morgan fingerprint density at radius 3 is 3.11 bits per heavy atom. The maximum absolute atomic E-state index is 9.47. The first kappa shape index (κ1) is 5.68. The van der Waals surface area contributed by atoms with Crippen molar-refractivity contribution in [3.8, 4) is 5.75 Å². The van der Waals surface area contributed by atoms with Crippen molar-refractivity contribution in [2.24, 2.45) is 5.34 Å². The second kappa shape index (κ2) is 2.76. The minimum atomic E-state index is 0.354. The lowest BCUT2D eigenvalue weighted by molar-refractivity contribution is 0.333. The van der Waals surface area contributed by atoms with E-state index in [4.69, 9.17) is 0 Å². The van der Waals surface area contributed by atoms with Crippen LogP contribution in [0.2, 0.25) is 0 Å². The molecule has 0 spiro atoms. The summed E-state index contributed by atoms with van der Waals surface area (Å²) < 4.78 is 0. The Balaban J connectivity index is 2.72. The van der Waals surface area contributed by atoms with Crippen LogP contribution < -0.4 is 4.84 Å². The number of nitrogens with zero attached hydrogens (tertiary/aromatic N) is 2. The maximum Gasteiger partial charge on any atom is 0.179 e. The van der Waals surface area contributed by atoms with Crippen LogP contribution in [0.5, 0.6) is 5.75 Å². The molecule has 0 fully saturated rings. The van der Waals surface area contributed by atoms with Crippen molar-refractivity contribution in [3.05, 3.63) is 29.4 Å². The first-order valence-corrected chi connectivity index (χ1v) is 2.33. The van der Waals surface area contributed by atoms with E-state index in [0.29, 0.717) is 5.75 Å². The smallest absolute Gasteiger partial charge is 0.179 e. The standard InChI is InChI=1S/C5H4N2O2/c8-7-9-5-2-1-3-6-4-5/h1-4H. The summed E-state index contributed by atoms with van der Waals surface area (Å²) in [6.07, 6.45) is 2.99. The minimum Gasteiger partial charge on any atom is -0.322 e. The highest BCUT2D eigenvalue weighted by Crippen LogP contribution is 2.04. The Morgan fingerprint density at radius 1 is 1.67 bits per heavy atom. The molecule has 1 rings (SSSR count). The molecule has 1 aromatic rings. The van der Waals surface area contributed by atoms with Crippen LogP contribution in [0.25, 0.3) is 0 Å². The van der Waals surface area contributed by atoms with Gasteiger partial charge in [0.1, 0.15) is 0 Å². The highest BCUT2D eigenvalue weighted by Gasteiger charge is 1.87. The van der Waals surface area contributed by atoms with Gasteiger partial charge in [0.15, 0.2) is 11.1 Å². The van der Waals surface area contributed by atoms with E-state index >= 15 is 0 Å². The van der Waals surface area contributed by atoms with Crippen LogP contribution in [0.4, 0.5) is 0 Å². The first-order valence-electron chi connectivity index (χ1n) is 2.33. The lowest BCUT2D eigenvalue weighted by Gasteiger charge is -1.88. The Hall–Kier alpha value is -1.45. The normalized spacial score (nSPS) is 8.44. The van der Waals surface area contributed by atoms with Crippen LogP contribution in [-0.4, -0.2) is 4.98 Å². The molecule has 0 aromatic carbocycles. The molecule has 1 heterocycles. The molecule has 4 heteroatoms. The largest absolute Gasteiger partial charge is 0.322 e. The van der Waals surface area contributed by atoms with Crippen LogP contribution in [-0.2, 0) is 0 Å². The molecule has 0 atom stereocenters. The number of pyridine rings is 1. The summed E-state index contributed by atoms with van der Waals surface area (Å²) in [5.41, 5.74) is 0. The molecule has 0 saturated heterocycles. The summed E-state index contributed by atoms with van der Waals surface area (Å²) in [7, 11) is 0. The van der Waals surface area contributed by atoms with E-state index in [1.54, 1.807) is 18.3 Å². The zero-order chi connectivity index (χ0) is 6.53. The Kier molecular flexibility index (Phi) is 1.74. The van der Waals surface area contributed by atoms with E-state index in [0.717, 1.165) is 0 Å². The third-order valence-electron chi connectivity index (χ3n) is 0.777. The molecule has 1 aromatic heterocycles. The first-order chi connectivity index (χ1) is 4.43. The lowest BCUT2D eigenvalue weighted by atomic mass is 10.5. The molecule has 0 amide bonds. The Bertz CT molecular complexity index is 187. The maximum atomic E-state index is 9.47. The third kappa shape index (κ3) is 1.49. The third-order valence-corrected chi connectivity index (χ3v) is 0.777. The van der Waals surface area contributed by atoms with Gasteiger partial charge in [0.25, 0.3) is 0 Å². The summed E-state index contributed by atoms with van der Waals surface area (Å²) in [4.78, 5) is 17.4. The highest BCUT2D eigenvalue weighted by molar-refractivity contribution is 5.14. The van der Waals surface area contributed by atoms with Crippen molar-refractivity contribution < 1.29 is 4.84 Å². The van der Waals surface area contributed by atoms with Crippen LogP contribution in [0.15, 0.2) is 29.9 Å². The number of rotatable bonds is 2. The van der Waals surface area contributed by atoms with Gasteiger partial charge >= 0.3 is 0 Å². The summed E-state index contributed by atoms with van der Waals surface area (Å²) in [5, 5.41) is 2.22. The van der Waals surface area contributed by atoms with E-state index in [2.05, 4.69) is 15.2 Å². The van der Waals surface area contributed by atoms with Crippen molar-refractivity contribution in [2.45, 2.75) is 0 Å². The molecule has 4 nitrogen and oxygen atoms in total. The summed E-state index contributed by atoms with van der Waals surface area (Å²) >= 11 is 0. The van der Waals surface area contributed by atoms with Gasteiger partial charge in [-0.25, -0.2) is 0 Å². The van der Waals surface area contributed by atoms with Gasteiger partial charge in [-0.2, -0.15) is 0 Å². The second-order valence-corrected chi connectivity index (χ2v) is 1.35. The highest BCUT2D eigenvalue weighted by atomic mass is 16.7. The molecule has 0 bridgehead atoms. The molecule has 0 saturated carbocycles. The molecule has 0 aliphatic heterocycles. The van der Waals surface area contributed by atoms with E-state index in [1.807, 2.05) is 0 Å². The fourth-order valence-electron chi connectivity index (χ4n) is 0.444. The number of aromatic nitrogens is 1. The van der Waals surface area contributed by atoms with Crippen molar-refractivity contribution in [2.75, 3.05) is 0 Å². The van der Waals surface area contributed by atoms with Crippen LogP contribution in [0, 0.1) is 4.91 Å². The van der Waals surface area contributed by atoms with Crippen molar-refractivity contribution in [1.82, 2.24) is 4.98 Å². The molecule has 46 valence electrons. The molecule has 0 aliphatic carbocycles. The van der Waals surface area contributed by atoms with Crippen molar-refractivity contribution in [3.63, 3.8) is 0 Å². The summed E-state index contributed by atoms with van der Waals surface area (Å²) in [6.45, 7) is 0. The lowest BCUT2D eigenvalue weighted by Crippen LogP contribution is -1.79. The van der Waals surface area contributed by atoms with Gasteiger partial charge < -0.3 is 4.84 Å². The van der Waals surface area contributed by atoms with Crippen molar-refractivity contribution in [1.29, 1.82) is 0 Å². The minimum absolute atomic E-state index is 0.354. The van der Waals surface area contributed by atoms with Gasteiger partial charge in [-0.05, 0) is 12.1 Å². The average molecular weight is 124 g/mol. The van der Waals surface area contributed by atoms with E-state index < -0.39 is 0 Å². The Labute approximate surface area is 51.4 Å². The second-order valence-electron chi connectivity index (χ2n) is 1.35. The summed E-state index contributed by atoms with van der Waals surface area (Å²) in [5.74, 6) is 0.354. The van der Waals surface area contributed by atoms with Gasteiger partial charge in [0.05, 0.1) is 6.20 Å². The predicted molar refractivity (Wildman–Crippen MR) is 30.7 cm³/mol. The molecular weight excluding hydrogens is 120 g/mol. The average Bonchev–Trinajstić information content (AvgIpc) is 1.91. The van der Waals surface area contributed by atoms with Gasteiger partial charge in [-0.1, -0.05) is 0 Å². The zero-order valence-electron chi connectivity index (χ0n) is 4.52. The molecule has 0 radical (unpaired) electrons. The zero-order valence-corrected chi connectivity index (χ0v) is 4.52. The fourth-order valence-corrected chi connectivity index (χ4v) is 0.444. The van der Waals surface area contributed by atoms with Gasteiger partial charge in [-0.15, -0.1) is 4.91 Å². The van der Waals surface area contributed by atoms with Gasteiger partial charge in [0, 0.05) is 6.20 Å². The van der Waals surface area contributed by atoms with Crippen LogP contribution in [0.3, 0.4) is 0 Å². The molecule has 0 unspecified atom stereocenters. The molecule has 9 heavy (non-hydrogen) atoms. The van der Waals surface area contributed by atoms with Gasteiger partial charge in [-0.3, -0.25) is 4.98 Å². The van der Waals surface area contributed by atoms with Crippen LogP contribution in [0.1, 0.15) is 0 Å². The van der Waals surface area contributed by atoms with E-state index in [1.165, 1.54) is 6.20 Å². The topological polar surface area (TPSA) is 51.5 Å². The SMILES string of the molecule is O=NOc1cccnc1.